The molecule has 0 saturated carbocycles. The van der Waals surface area contributed by atoms with E-state index in [2.05, 4.69) is 30.3 Å². The lowest BCUT2D eigenvalue weighted by atomic mass is 9.95. The molecule has 1 aliphatic carbocycles. The van der Waals surface area contributed by atoms with Gasteiger partial charge >= 0.3 is 0 Å². The van der Waals surface area contributed by atoms with Crippen LogP contribution in [0.4, 0.5) is 0 Å². The zero-order chi connectivity index (χ0) is 15.6. The first-order chi connectivity index (χ1) is 11.3. The number of rotatable bonds is 5. The van der Waals surface area contributed by atoms with Gasteiger partial charge in [0.1, 0.15) is 5.82 Å². The summed E-state index contributed by atoms with van der Waals surface area (Å²) in [5, 5.41) is 18.8. The highest BCUT2D eigenvalue weighted by atomic mass is 16.1. The van der Waals surface area contributed by atoms with E-state index in [9.17, 15) is 4.79 Å². The summed E-state index contributed by atoms with van der Waals surface area (Å²) >= 11 is 0. The Labute approximate surface area is 134 Å². The van der Waals surface area contributed by atoms with Gasteiger partial charge in [-0.05, 0) is 37.7 Å². The molecule has 0 bridgehead atoms. The summed E-state index contributed by atoms with van der Waals surface area (Å²) in [6.07, 6.45) is 7.93. The number of hydrogen-bond donors (Lipinski definition) is 2. The SMILES string of the molecule is O=C(CCc1n[nH]c2c1CCCC2)NCc1nnc2n1CCC2. The van der Waals surface area contributed by atoms with E-state index in [0.717, 1.165) is 49.6 Å². The second-order valence-corrected chi connectivity index (χ2v) is 6.40. The molecule has 0 saturated heterocycles. The minimum atomic E-state index is 0.0490. The van der Waals surface area contributed by atoms with E-state index in [4.69, 9.17) is 0 Å². The number of H-pyrrole nitrogens is 1. The van der Waals surface area contributed by atoms with Crippen LogP contribution in [0.5, 0.6) is 0 Å². The van der Waals surface area contributed by atoms with Gasteiger partial charge in [0.25, 0.3) is 0 Å². The van der Waals surface area contributed by atoms with Gasteiger partial charge in [0.15, 0.2) is 5.82 Å². The summed E-state index contributed by atoms with van der Waals surface area (Å²) < 4.78 is 2.12. The van der Waals surface area contributed by atoms with Crippen molar-refractivity contribution in [2.24, 2.45) is 0 Å². The highest BCUT2D eigenvalue weighted by Crippen LogP contribution is 2.22. The smallest absolute Gasteiger partial charge is 0.220 e. The Balaban J connectivity index is 1.29. The van der Waals surface area contributed by atoms with Crippen LogP contribution in [0.25, 0.3) is 0 Å². The van der Waals surface area contributed by atoms with Crippen molar-refractivity contribution in [3.63, 3.8) is 0 Å². The molecule has 0 unspecified atom stereocenters. The lowest BCUT2D eigenvalue weighted by Gasteiger charge is -2.11. The van der Waals surface area contributed by atoms with Crippen LogP contribution in [0.15, 0.2) is 0 Å². The van der Waals surface area contributed by atoms with Gasteiger partial charge in [0.2, 0.25) is 5.91 Å². The Morgan fingerprint density at radius 1 is 1.17 bits per heavy atom. The standard InChI is InChI=1S/C16H22N6O/c23-16(17-10-15-21-20-14-6-3-9-22(14)15)8-7-13-11-4-1-2-5-12(11)18-19-13/h1-10H2,(H,17,23)(H,18,19). The topological polar surface area (TPSA) is 88.5 Å². The molecule has 0 atom stereocenters. The third kappa shape index (κ3) is 2.87. The molecule has 7 nitrogen and oxygen atoms in total. The zero-order valence-electron chi connectivity index (χ0n) is 13.3. The van der Waals surface area contributed by atoms with Gasteiger partial charge in [-0.3, -0.25) is 9.89 Å². The second-order valence-electron chi connectivity index (χ2n) is 6.40. The van der Waals surface area contributed by atoms with Crippen LogP contribution in [-0.2, 0) is 43.6 Å². The summed E-state index contributed by atoms with van der Waals surface area (Å²) in [5.41, 5.74) is 3.68. The van der Waals surface area contributed by atoms with Crippen molar-refractivity contribution in [2.75, 3.05) is 0 Å². The number of aromatic nitrogens is 5. The molecule has 2 N–H and O–H groups in total. The maximum Gasteiger partial charge on any atom is 0.220 e. The van der Waals surface area contributed by atoms with E-state index in [1.807, 2.05) is 0 Å². The van der Waals surface area contributed by atoms with Crippen LogP contribution in [-0.4, -0.2) is 30.9 Å². The summed E-state index contributed by atoms with van der Waals surface area (Å²) in [7, 11) is 0. The number of aromatic amines is 1. The number of nitrogens with one attached hydrogen (secondary N) is 2. The van der Waals surface area contributed by atoms with Crippen LogP contribution in [0, 0.1) is 0 Å². The average molecular weight is 314 g/mol. The highest BCUT2D eigenvalue weighted by Gasteiger charge is 2.19. The van der Waals surface area contributed by atoms with Crippen molar-refractivity contribution in [1.29, 1.82) is 0 Å². The quantitative estimate of drug-likeness (QED) is 0.864. The predicted octanol–water partition coefficient (Wildman–Crippen LogP) is 1.08. The maximum absolute atomic E-state index is 12.1. The number of aryl methyl sites for hydroxylation is 3. The lowest BCUT2D eigenvalue weighted by molar-refractivity contribution is -0.121. The minimum absolute atomic E-state index is 0.0490. The molecule has 4 rings (SSSR count). The first-order valence-corrected chi connectivity index (χ1v) is 8.54. The van der Waals surface area contributed by atoms with Crippen molar-refractivity contribution in [1.82, 2.24) is 30.3 Å². The summed E-state index contributed by atoms with van der Waals surface area (Å²) in [6.45, 7) is 1.43. The average Bonchev–Trinajstić information content (AvgIpc) is 3.27. The molecule has 2 aliphatic rings. The van der Waals surface area contributed by atoms with Gasteiger partial charge in [-0.2, -0.15) is 5.10 Å². The van der Waals surface area contributed by atoms with Crippen molar-refractivity contribution in [2.45, 2.75) is 64.5 Å². The van der Waals surface area contributed by atoms with Gasteiger partial charge < -0.3 is 9.88 Å². The van der Waals surface area contributed by atoms with Gasteiger partial charge in [-0.15, -0.1) is 10.2 Å². The van der Waals surface area contributed by atoms with Crippen LogP contribution in [0.3, 0.4) is 0 Å². The van der Waals surface area contributed by atoms with Gasteiger partial charge in [0.05, 0.1) is 12.2 Å². The first kappa shape index (κ1) is 14.4. The number of hydrogen-bond acceptors (Lipinski definition) is 4. The molecule has 0 fully saturated rings. The van der Waals surface area contributed by atoms with E-state index >= 15 is 0 Å². The van der Waals surface area contributed by atoms with Crippen molar-refractivity contribution < 1.29 is 4.79 Å². The first-order valence-electron chi connectivity index (χ1n) is 8.54. The normalized spacial score (nSPS) is 16.2. The third-order valence-electron chi connectivity index (χ3n) is 4.86. The van der Waals surface area contributed by atoms with E-state index in [1.165, 1.54) is 24.1 Å². The molecule has 1 aliphatic heterocycles. The molecule has 2 aromatic heterocycles. The number of carbonyl (C=O) groups excluding carboxylic acids is 1. The molecule has 1 amide bonds. The monoisotopic (exact) mass is 314 g/mol. The molecular weight excluding hydrogens is 292 g/mol. The molecule has 2 aromatic rings. The predicted molar refractivity (Wildman–Crippen MR) is 83.7 cm³/mol. The Morgan fingerprint density at radius 3 is 3.04 bits per heavy atom. The summed E-state index contributed by atoms with van der Waals surface area (Å²) in [4.78, 5) is 12.1. The molecule has 122 valence electrons. The number of carbonyl (C=O) groups is 1. The van der Waals surface area contributed by atoms with Crippen molar-refractivity contribution in [3.05, 3.63) is 28.6 Å². The van der Waals surface area contributed by atoms with Crippen molar-refractivity contribution >= 4 is 5.91 Å². The lowest BCUT2D eigenvalue weighted by Crippen LogP contribution is -2.25. The van der Waals surface area contributed by atoms with Gasteiger partial charge in [0, 0.05) is 31.5 Å². The number of fused-ring (bicyclic) bond motifs is 2. The molecule has 0 spiro atoms. The fraction of sp³-hybridized carbons (Fsp3) is 0.625. The third-order valence-corrected chi connectivity index (χ3v) is 4.86. The van der Waals surface area contributed by atoms with Crippen LogP contribution in [0.2, 0.25) is 0 Å². The zero-order valence-corrected chi connectivity index (χ0v) is 13.3. The van der Waals surface area contributed by atoms with Crippen LogP contribution >= 0.6 is 0 Å². The summed E-state index contributed by atoms with van der Waals surface area (Å²) in [5.74, 6) is 1.95. The van der Waals surface area contributed by atoms with E-state index in [0.29, 0.717) is 19.4 Å². The number of amides is 1. The Hall–Kier alpha value is -2.18. The second kappa shape index (κ2) is 6.14. The molecule has 7 heteroatoms. The fourth-order valence-corrected chi connectivity index (χ4v) is 3.60. The highest BCUT2D eigenvalue weighted by molar-refractivity contribution is 5.76. The molecular formula is C16H22N6O. The van der Waals surface area contributed by atoms with Crippen molar-refractivity contribution in [3.8, 4) is 0 Å². The van der Waals surface area contributed by atoms with Gasteiger partial charge in [-0.1, -0.05) is 0 Å². The Kier molecular flexibility index (Phi) is 3.85. The van der Waals surface area contributed by atoms with E-state index in [-0.39, 0.29) is 5.91 Å². The maximum atomic E-state index is 12.1. The molecule has 23 heavy (non-hydrogen) atoms. The Bertz CT molecular complexity index is 716. The molecule has 3 heterocycles. The minimum Gasteiger partial charge on any atom is -0.349 e. The molecule has 0 aromatic carbocycles. The molecule has 0 radical (unpaired) electrons. The number of nitrogens with zero attached hydrogens (tertiary/aromatic N) is 4. The van der Waals surface area contributed by atoms with E-state index in [1.54, 1.807) is 0 Å². The Morgan fingerprint density at radius 2 is 2.09 bits per heavy atom. The summed E-state index contributed by atoms with van der Waals surface area (Å²) in [6, 6.07) is 0. The van der Waals surface area contributed by atoms with E-state index < -0.39 is 0 Å². The largest absolute Gasteiger partial charge is 0.349 e. The van der Waals surface area contributed by atoms with Crippen LogP contribution < -0.4 is 5.32 Å². The fourth-order valence-electron chi connectivity index (χ4n) is 3.60. The van der Waals surface area contributed by atoms with Gasteiger partial charge in [-0.25, -0.2) is 0 Å². The van der Waals surface area contributed by atoms with Crippen LogP contribution in [0.1, 0.15) is 54.3 Å².